The first-order valence-corrected chi connectivity index (χ1v) is 6.44. The second kappa shape index (κ2) is 5.18. The fourth-order valence-electron chi connectivity index (χ4n) is 1.72. The molecule has 0 spiro atoms. The number of rotatable bonds is 4. The fraction of sp³-hybridized carbons (Fsp3) is 0.231. The molecule has 1 N–H and O–H groups in total. The van der Waals surface area contributed by atoms with E-state index in [1.807, 2.05) is 12.1 Å². The Morgan fingerprint density at radius 1 is 1.28 bits per heavy atom. The van der Waals surface area contributed by atoms with E-state index in [4.69, 9.17) is 5.11 Å². The van der Waals surface area contributed by atoms with Gasteiger partial charge in [0.1, 0.15) is 5.69 Å². The Morgan fingerprint density at radius 2 is 2.00 bits per heavy atom. The Balaban J connectivity index is 2.39. The molecule has 0 saturated carbocycles. The highest BCUT2D eigenvalue weighted by Gasteiger charge is 2.11. The van der Waals surface area contributed by atoms with Crippen LogP contribution in [-0.4, -0.2) is 15.6 Å². The summed E-state index contributed by atoms with van der Waals surface area (Å²) in [5.74, 6) is -1.08. The van der Waals surface area contributed by atoms with Gasteiger partial charge in [0.2, 0.25) is 0 Å². The Hall–Kier alpha value is -1.88. The zero-order valence-corrected chi connectivity index (χ0v) is 10.7. The molecule has 0 fully saturated rings. The Labute approximate surface area is 108 Å². The second-order valence-corrected chi connectivity index (χ2v) is 5.12. The minimum Gasteiger partial charge on any atom is -0.477 e. The highest BCUT2D eigenvalue weighted by Crippen LogP contribution is 2.18. The second-order valence-electron chi connectivity index (χ2n) is 3.86. The molecule has 94 valence electrons. The van der Waals surface area contributed by atoms with Crippen molar-refractivity contribution in [2.45, 2.75) is 19.9 Å². The van der Waals surface area contributed by atoms with E-state index in [0.29, 0.717) is 6.54 Å². The van der Waals surface area contributed by atoms with Crippen molar-refractivity contribution in [2.24, 2.45) is 0 Å². The van der Waals surface area contributed by atoms with E-state index in [-0.39, 0.29) is 11.3 Å². The van der Waals surface area contributed by atoms with Gasteiger partial charge < -0.3 is 5.11 Å². The van der Waals surface area contributed by atoms with Crippen LogP contribution in [0.5, 0.6) is 0 Å². The predicted molar refractivity (Wildman–Crippen MR) is 70.5 cm³/mol. The Kier molecular flexibility index (Phi) is 3.62. The van der Waals surface area contributed by atoms with Crippen molar-refractivity contribution in [1.82, 2.24) is 4.57 Å². The lowest BCUT2D eigenvalue weighted by molar-refractivity contribution is 0.0684. The van der Waals surface area contributed by atoms with Crippen LogP contribution in [0, 0.1) is 0 Å². The molecule has 0 atom stereocenters. The van der Waals surface area contributed by atoms with E-state index in [1.54, 1.807) is 11.3 Å². The summed E-state index contributed by atoms with van der Waals surface area (Å²) in [5.41, 5.74) is -0.268. The molecule has 2 heterocycles. The third-order valence-electron chi connectivity index (χ3n) is 2.65. The molecule has 0 saturated heterocycles. The molecule has 18 heavy (non-hydrogen) atoms. The number of carboxylic acids is 1. The van der Waals surface area contributed by atoms with Crippen LogP contribution in [0.25, 0.3) is 0 Å². The van der Waals surface area contributed by atoms with E-state index >= 15 is 0 Å². The zero-order valence-electron chi connectivity index (χ0n) is 9.92. The van der Waals surface area contributed by atoms with E-state index in [2.05, 4.69) is 6.92 Å². The number of hydrogen-bond acceptors (Lipinski definition) is 3. The molecular weight excluding hydrogens is 250 g/mol. The lowest BCUT2D eigenvalue weighted by Gasteiger charge is -2.07. The topological polar surface area (TPSA) is 59.3 Å². The van der Waals surface area contributed by atoms with Gasteiger partial charge in [-0.15, -0.1) is 11.3 Å². The molecule has 0 aliphatic carbocycles. The third kappa shape index (κ3) is 2.51. The minimum absolute atomic E-state index is 0.0222. The maximum Gasteiger partial charge on any atom is 0.352 e. The summed E-state index contributed by atoms with van der Waals surface area (Å²) in [6.07, 6.45) is 0.945. The Morgan fingerprint density at radius 3 is 2.61 bits per heavy atom. The molecule has 0 amide bonds. The number of hydrogen-bond donors (Lipinski definition) is 1. The van der Waals surface area contributed by atoms with Gasteiger partial charge in [-0.05, 0) is 24.6 Å². The van der Waals surface area contributed by atoms with Crippen LogP contribution < -0.4 is 5.56 Å². The standard InChI is InChI=1S/C13H13NO3S/c1-2-9-6-7-10(18-9)8-14-11(13(16)17)4-3-5-12(14)15/h3-7H,2,8H2,1H3,(H,16,17). The lowest BCUT2D eigenvalue weighted by Crippen LogP contribution is -2.25. The number of aromatic carboxylic acids is 1. The van der Waals surface area contributed by atoms with E-state index in [1.165, 1.54) is 27.6 Å². The third-order valence-corrected chi connectivity index (χ3v) is 3.86. The van der Waals surface area contributed by atoms with Crippen molar-refractivity contribution in [1.29, 1.82) is 0 Å². The van der Waals surface area contributed by atoms with Gasteiger partial charge in [0, 0.05) is 15.8 Å². The number of aryl methyl sites for hydroxylation is 1. The molecular formula is C13H13NO3S. The van der Waals surface area contributed by atoms with Crippen molar-refractivity contribution in [3.05, 3.63) is 56.1 Å². The molecule has 5 heteroatoms. The van der Waals surface area contributed by atoms with Gasteiger partial charge in [0.05, 0.1) is 6.54 Å². The van der Waals surface area contributed by atoms with Crippen molar-refractivity contribution in [3.8, 4) is 0 Å². The van der Waals surface area contributed by atoms with Gasteiger partial charge in [-0.2, -0.15) is 0 Å². The first-order valence-electron chi connectivity index (χ1n) is 5.62. The van der Waals surface area contributed by atoms with Crippen LogP contribution >= 0.6 is 11.3 Å². The largest absolute Gasteiger partial charge is 0.477 e. The predicted octanol–water partition coefficient (Wildman–Crippen LogP) is 2.22. The van der Waals surface area contributed by atoms with Gasteiger partial charge in [0.25, 0.3) is 5.56 Å². The molecule has 2 aromatic rings. The molecule has 0 bridgehead atoms. The highest BCUT2D eigenvalue weighted by atomic mass is 32.1. The molecule has 4 nitrogen and oxygen atoms in total. The number of carbonyl (C=O) groups is 1. The SMILES string of the molecule is CCc1ccc(Cn2c(C(=O)O)cccc2=O)s1. The molecule has 2 rings (SSSR count). The van der Waals surface area contributed by atoms with Crippen LogP contribution in [0.2, 0.25) is 0 Å². The summed E-state index contributed by atoms with van der Waals surface area (Å²) in [5, 5.41) is 9.06. The molecule has 0 radical (unpaired) electrons. The first kappa shape index (κ1) is 12.6. The van der Waals surface area contributed by atoms with Crippen molar-refractivity contribution in [2.75, 3.05) is 0 Å². The summed E-state index contributed by atoms with van der Waals surface area (Å²) < 4.78 is 1.29. The quantitative estimate of drug-likeness (QED) is 0.920. The summed E-state index contributed by atoms with van der Waals surface area (Å²) in [6, 6.07) is 8.23. The molecule has 2 aromatic heterocycles. The van der Waals surface area contributed by atoms with Gasteiger partial charge in [-0.25, -0.2) is 4.79 Å². The van der Waals surface area contributed by atoms with Gasteiger partial charge >= 0.3 is 5.97 Å². The van der Waals surface area contributed by atoms with E-state index in [9.17, 15) is 9.59 Å². The fourth-order valence-corrected chi connectivity index (χ4v) is 2.67. The monoisotopic (exact) mass is 263 g/mol. The highest BCUT2D eigenvalue weighted by molar-refractivity contribution is 7.11. The van der Waals surface area contributed by atoms with E-state index < -0.39 is 5.97 Å². The molecule has 0 unspecified atom stereocenters. The van der Waals surface area contributed by atoms with Gasteiger partial charge in [-0.1, -0.05) is 13.0 Å². The normalized spacial score (nSPS) is 10.5. The maximum absolute atomic E-state index is 11.7. The zero-order chi connectivity index (χ0) is 13.1. The van der Waals surface area contributed by atoms with Gasteiger partial charge in [0.15, 0.2) is 0 Å². The van der Waals surface area contributed by atoms with Crippen LogP contribution in [0.3, 0.4) is 0 Å². The number of carboxylic acid groups (broad SMARTS) is 1. The number of pyridine rings is 1. The molecule has 0 aromatic carbocycles. The smallest absolute Gasteiger partial charge is 0.352 e. The van der Waals surface area contributed by atoms with Crippen LogP contribution in [0.4, 0.5) is 0 Å². The van der Waals surface area contributed by atoms with E-state index in [0.717, 1.165) is 11.3 Å². The van der Waals surface area contributed by atoms with Crippen LogP contribution in [0.15, 0.2) is 35.1 Å². The minimum atomic E-state index is -1.08. The summed E-state index contributed by atoms with van der Waals surface area (Å²) in [4.78, 5) is 25.0. The van der Waals surface area contributed by atoms with Gasteiger partial charge in [-0.3, -0.25) is 9.36 Å². The molecule has 0 aliphatic rings. The number of nitrogens with zero attached hydrogens (tertiary/aromatic N) is 1. The van der Waals surface area contributed by atoms with Crippen LogP contribution in [-0.2, 0) is 13.0 Å². The summed E-state index contributed by atoms with van der Waals surface area (Å²) >= 11 is 1.60. The summed E-state index contributed by atoms with van der Waals surface area (Å²) in [6.45, 7) is 2.37. The Bertz CT molecular complexity index is 627. The first-order chi connectivity index (χ1) is 8.61. The van der Waals surface area contributed by atoms with Crippen molar-refractivity contribution < 1.29 is 9.90 Å². The molecule has 0 aliphatic heterocycles. The lowest BCUT2D eigenvalue weighted by atomic mass is 10.3. The summed E-state index contributed by atoms with van der Waals surface area (Å²) in [7, 11) is 0. The van der Waals surface area contributed by atoms with Crippen LogP contribution in [0.1, 0.15) is 27.2 Å². The van der Waals surface area contributed by atoms with Crippen molar-refractivity contribution >= 4 is 17.3 Å². The van der Waals surface area contributed by atoms with Crippen molar-refractivity contribution in [3.63, 3.8) is 0 Å². The maximum atomic E-state index is 11.7. The average molecular weight is 263 g/mol. The number of aromatic nitrogens is 1. The number of thiophene rings is 1. The average Bonchev–Trinajstić information content (AvgIpc) is 2.79.